The second kappa shape index (κ2) is 9.25. The number of H-pyrrole nitrogens is 2. The van der Waals surface area contributed by atoms with Crippen LogP contribution in [0.5, 0.6) is 0 Å². The summed E-state index contributed by atoms with van der Waals surface area (Å²) in [6.45, 7) is 0. The van der Waals surface area contributed by atoms with Gasteiger partial charge in [0.15, 0.2) is 11.5 Å². The highest BCUT2D eigenvalue weighted by Crippen LogP contribution is 2.36. The van der Waals surface area contributed by atoms with E-state index in [4.69, 9.17) is 0 Å². The smallest absolute Gasteiger partial charge is 0.178 e. The highest BCUT2D eigenvalue weighted by Gasteiger charge is 2.26. The Kier molecular flexibility index (Phi) is 5.55. The van der Waals surface area contributed by atoms with Crippen molar-refractivity contribution in [2.45, 2.75) is 25.5 Å². The lowest BCUT2D eigenvalue weighted by Crippen LogP contribution is -2.33. The average Bonchev–Trinajstić information content (AvgIpc) is 3.53. The minimum atomic E-state index is -0.662. The van der Waals surface area contributed by atoms with Gasteiger partial charge in [0.25, 0.3) is 0 Å². The summed E-state index contributed by atoms with van der Waals surface area (Å²) in [6, 6.07) is 13.2. The second-order valence-electron chi connectivity index (χ2n) is 9.81. The summed E-state index contributed by atoms with van der Waals surface area (Å²) in [6.07, 6.45) is 7.26. The van der Waals surface area contributed by atoms with Crippen LogP contribution in [0.4, 0.5) is 14.5 Å². The van der Waals surface area contributed by atoms with Crippen molar-refractivity contribution in [3.05, 3.63) is 78.8 Å². The maximum absolute atomic E-state index is 16.1. The Hall–Kier alpha value is -4.70. The first kappa shape index (κ1) is 23.4. The van der Waals surface area contributed by atoms with Crippen molar-refractivity contribution >= 4 is 27.8 Å². The molecule has 8 nitrogen and oxygen atoms in total. The number of fused-ring (bicyclic) bond motifs is 2. The van der Waals surface area contributed by atoms with Gasteiger partial charge in [-0.1, -0.05) is 18.6 Å². The lowest BCUT2D eigenvalue weighted by atomic mass is 9.84. The van der Waals surface area contributed by atoms with E-state index in [-0.39, 0.29) is 17.1 Å². The van der Waals surface area contributed by atoms with Crippen LogP contribution in [0.1, 0.15) is 19.3 Å². The normalized spacial score (nSPS) is 14.5. The number of hydrogen-bond acceptors (Lipinski definition) is 6. The van der Waals surface area contributed by atoms with Crippen molar-refractivity contribution in [1.29, 1.82) is 0 Å². The standard InChI is InChI=1S/C29H23F2N7O/c30-18-6-4-15(5-7-18)21-10-11-33-27-25(21)35-28(36-27)26-23-22(37-38-26)9-8-20(24(23)31)17-12-19(14-32-13-17)34-29(39)16-2-1-3-16/h4-14,16,29,34,39H,1-3H2,(H,37,38)(H,33,35,36). The topological polar surface area (TPSA) is 115 Å². The first-order chi connectivity index (χ1) is 19.0. The number of aliphatic hydroxyl groups is 1. The summed E-state index contributed by atoms with van der Waals surface area (Å²) >= 11 is 0. The molecule has 4 N–H and O–H groups in total. The van der Waals surface area contributed by atoms with Gasteiger partial charge < -0.3 is 15.4 Å². The van der Waals surface area contributed by atoms with E-state index >= 15 is 4.39 Å². The molecule has 7 rings (SSSR count). The molecule has 0 amide bonds. The van der Waals surface area contributed by atoms with Crippen LogP contribution in [0.15, 0.2) is 67.1 Å². The molecule has 0 radical (unpaired) electrons. The molecule has 2 aromatic carbocycles. The number of nitrogens with zero attached hydrogens (tertiary/aromatic N) is 4. The third-order valence-corrected chi connectivity index (χ3v) is 7.40. The molecule has 6 aromatic rings. The van der Waals surface area contributed by atoms with Gasteiger partial charge in [0.05, 0.1) is 28.3 Å². The van der Waals surface area contributed by atoms with E-state index in [1.807, 2.05) is 6.07 Å². The van der Waals surface area contributed by atoms with E-state index in [2.05, 4.69) is 35.5 Å². The molecule has 39 heavy (non-hydrogen) atoms. The number of rotatable bonds is 6. The summed E-state index contributed by atoms with van der Waals surface area (Å²) in [5.41, 5.74) is 5.03. The summed E-state index contributed by atoms with van der Waals surface area (Å²) in [5, 5.41) is 21.0. The van der Waals surface area contributed by atoms with Gasteiger partial charge in [-0.3, -0.25) is 10.1 Å². The average molecular weight is 524 g/mol. The van der Waals surface area contributed by atoms with E-state index < -0.39 is 12.0 Å². The molecule has 1 aliphatic carbocycles. The van der Waals surface area contributed by atoms with Crippen LogP contribution in [-0.2, 0) is 0 Å². The lowest BCUT2D eigenvalue weighted by molar-refractivity contribution is 0.0851. The zero-order valence-electron chi connectivity index (χ0n) is 20.6. The third kappa shape index (κ3) is 4.09. The number of benzene rings is 2. The molecule has 1 unspecified atom stereocenters. The molecule has 4 aromatic heterocycles. The van der Waals surface area contributed by atoms with Gasteiger partial charge in [-0.15, -0.1) is 0 Å². The third-order valence-electron chi connectivity index (χ3n) is 7.40. The Morgan fingerprint density at radius 3 is 2.62 bits per heavy atom. The van der Waals surface area contributed by atoms with E-state index in [0.29, 0.717) is 45.0 Å². The van der Waals surface area contributed by atoms with Gasteiger partial charge in [-0.25, -0.2) is 18.7 Å². The summed E-state index contributed by atoms with van der Waals surface area (Å²) in [4.78, 5) is 16.5. The number of anilines is 1. The number of aromatic amines is 2. The fourth-order valence-electron chi connectivity index (χ4n) is 5.07. The number of hydrogen-bond donors (Lipinski definition) is 4. The van der Waals surface area contributed by atoms with Crippen LogP contribution in [0.2, 0.25) is 0 Å². The Labute approximate surface area is 221 Å². The minimum absolute atomic E-state index is 0.220. The monoisotopic (exact) mass is 523 g/mol. The Morgan fingerprint density at radius 1 is 0.974 bits per heavy atom. The summed E-state index contributed by atoms with van der Waals surface area (Å²) < 4.78 is 29.6. The number of pyridine rings is 2. The van der Waals surface area contributed by atoms with Gasteiger partial charge >= 0.3 is 0 Å². The van der Waals surface area contributed by atoms with Crippen molar-refractivity contribution < 1.29 is 13.9 Å². The summed E-state index contributed by atoms with van der Waals surface area (Å²) in [7, 11) is 0. The van der Waals surface area contributed by atoms with Crippen LogP contribution in [0, 0.1) is 17.6 Å². The molecule has 4 heterocycles. The molecule has 0 saturated heterocycles. The Bertz CT molecular complexity index is 1830. The fourth-order valence-corrected chi connectivity index (χ4v) is 5.07. The molecular weight excluding hydrogens is 500 g/mol. The molecule has 10 heteroatoms. The number of aromatic nitrogens is 6. The largest absolute Gasteiger partial charge is 0.374 e. The van der Waals surface area contributed by atoms with Crippen LogP contribution >= 0.6 is 0 Å². The first-order valence-corrected chi connectivity index (χ1v) is 12.7. The van der Waals surface area contributed by atoms with E-state index in [1.54, 1.807) is 48.9 Å². The zero-order chi connectivity index (χ0) is 26.5. The SMILES string of the molecule is OC(Nc1cncc(-c2ccc3[nH]nc(-c4nc5nccc(-c6ccc(F)cc6)c5[nH]4)c3c2F)c1)C1CCC1. The van der Waals surface area contributed by atoms with Gasteiger partial charge in [0, 0.05) is 35.0 Å². The van der Waals surface area contributed by atoms with Crippen LogP contribution in [0.25, 0.3) is 55.8 Å². The molecule has 1 aliphatic rings. The molecule has 1 saturated carbocycles. The first-order valence-electron chi connectivity index (χ1n) is 12.7. The van der Waals surface area contributed by atoms with Crippen LogP contribution in [-0.4, -0.2) is 41.5 Å². The quantitative estimate of drug-likeness (QED) is 0.198. The predicted molar refractivity (Wildman–Crippen MR) is 145 cm³/mol. The summed E-state index contributed by atoms with van der Waals surface area (Å²) in [5.74, 6) is -0.222. The van der Waals surface area contributed by atoms with Crippen molar-refractivity contribution in [3.8, 4) is 33.8 Å². The van der Waals surface area contributed by atoms with Gasteiger partial charge in [0.2, 0.25) is 0 Å². The van der Waals surface area contributed by atoms with Crippen LogP contribution in [0.3, 0.4) is 0 Å². The van der Waals surface area contributed by atoms with Crippen molar-refractivity contribution in [2.75, 3.05) is 5.32 Å². The van der Waals surface area contributed by atoms with Crippen LogP contribution < -0.4 is 5.32 Å². The maximum Gasteiger partial charge on any atom is 0.178 e. The predicted octanol–water partition coefficient (Wildman–Crippen LogP) is 6.04. The van der Waals surface area contributed by atoms with Gasteiger partial charge in [-0.2, -0.15) is 5.10 Å². The van der Waals surface area contributed by atoms with Gasteiger partial charge in [0.1, 0.15) is 23.6 Å². The Balaban J connectivity index is 1.29. The highest BCUT2D eigenvalue weighted by molar-refractivity contribution is 5.98. The van der Waals surface area contributed by atoms with Crippen molar-refractivity contribution in [3.63, 3.8) is 0 Å². The van der Waals surface area contributed by atoms with Crippen molar-refractivity contribution in [1.82, 2.24) is 30.1 Å². The zero-order valence-corrected chi connectivity index (χ0v) is 20.6. The van der Waals surface area contributed by atoms with E-state index in [0.717, 1.165) is 30.4 Å². The molecule has 1 atom stereocenters. The molecule has 0 spiro atoms. The highest BCUT2D eigenvalue weighted by atomic mass is 19.1. The number of aliphatic hydroxyl groups excluding tert-OH is 1. The molecule has 194 valence electrons. The molecule has 0 aliphatic heterocycles. The molecular formula is C29H23F2N7O. The lowest BCUT2D eigenvalue weighted by Gasteiger charge is -2.31. The number of imidazole rings is 1. The molecule has 0 bridgehead atoms. The van der Waals surface area contributed by atoms with Crippen molar-refractivity contribution in [2.24, 2.45) is 5.92 Å². The number of halogens is 2. The molecule has 1 fully saturated rings. The fraction of sp³-hybridized carbons (Fsp3) is 0.172. The maximum atomic E-state index is 16.1. The van der Waals surface area contributed by atoms with Gasteiger partial charge in [-0.05, 0) is 54.8 Å². The van der Waals surface area contributed by atoms with E-state index in [9.17, 15) is 9.50 Å². The minimum Gasteiger partial charge on any atom is -0.374 e. The number of nitrogens with one attached hydrogen (secondary N) is 3. The second-order valence-corrected chi connectivity index (χ2v) is 9.81. The Morgan fingerprint density at radius 2 is 1.82 bits per heavy atom. The van der Waals surface area contributed by atoms with E-state index in [1.165, 1.54) is 12.1 Å².